The van der Waals surface area contributed by atoms with E-state index in [1.165, 1.54) is 0 Å². The standard InChI is InChI=1S/C10H8N2S/c1-8(7-12)9(4-5-11)10-3-2-6-13-10/h2-3,6H,4H2,1H3/b9-8+. The summed E-state index contributed by atoms with van der Waals surface area (Å²) in [5.41, 5.74) is 1.48. The van der Waals surface area contributed by atoms with Crippen LogP contribution in [0.3, 0.4) is 0 Å². The fraction of sp³-hybridized carbons (Fsp3) is 0.200. The van der Waals surface area contributed by atoms with Gasteiger partial charge in [0, 0.05) is 10.5 Å². The van der Waals surface area contributed by atoms with Crippen LogP contribution in [-0.2, 0) is 0 Å². The van der Waals surface area contributed by atoms with Gasteiger partial charge >= 0.3 is 0 Å². The van der Waals surface area contributed by atoms with E-state index in [1.54, 1.807) is 18.3 Å². The van der Waals surface area contributed by atoms with Crippen LogP contribution in [0.4, 0.5) is 0 Å². The lowest BCUT2D eigenvalue weighted by Crippen LogP contribution is -1.83. The monoisotopic (exact) mass is 188 g/mol. The van der Waals surface area contributed by atoms with Crippen LogP contribution in [0, 0.1) is 22.7 Å². The fourth-order valence-electron chi connectivity index (χ4n) is 1.00. The summed E-state index contributed by atoms with van der Waals surface area (Å²) in [5, 5.41) is 19.3. The smallest absolute Gasteiger partial charge is 0.0947 e. The molecule has 13 heavy (non-hydrogen) atoms. The average Bonchev–Trinajstić information content (AvgIpc) is 2.65. The number of thiophene rings is 1. The van der Waals surface area contributed by atoms with Gasteiger partial charge in [0.25, 0.3) is 0 Å². The summed E-state index contributed by atoms with van der Waals surface area (Å²) in [6.07, 6.45) is 0.305. The van der Waals surface area contributed by atoms with E-state index in [0.717, 1.165) is 10.5 Å². The van der Waals surface area contributed by atoms with Crippen molar-refractivity contribution in [2.45, 2.75) is 13.3 Å². The molecule has 0 aliphatic carbocycles. The molecular weight excluding hydrogens is 180 g/mol. The number of hydrogen-bond donors (Lipinski definition) is 0. The lowest BCUT2D eigenvalue weighted by molar-refractivity contribution is 1.33. The molecule has 1 aromatic heterocycles. The van der Waals surface area contributed by atoms with Crippen molar-refractivity contribution in [2.24, 2.45) is 0 Å². The van der Waals surface area contributed by atoms with Crippen molar-refractivity contribution in [1.29, 1.82) is 10.5 Å². The van der Waals surface area contributed by atoms with Crippen LogP contribution >= 0.6 is 11.3 Å². The second kappa shape index (κ2) is 4.45. The maximum atomic E-state index is 8.72. The van der Waals surface area contributed by atoms with Gasteiger partial charge in [0.15, 0.2) is 0 Å². The molecule has 0 aliphatic heterocycles. The highest BCUT2D eigenvalue weighted by Crippen LogP contribution is 2.25. The van der Waals surface area contributed by atoms with Crippen LogP contribution < -0.4 is 0 Å². The molecule has 1 aromatic rings. The van der Waals surface area contributed by atoms with Gasteiger partial charge in [-0.25, -0.2) is 0 Å². The molecule has 0 bridgehead atoms. The number of nitrogens with zero attached hydrogens (tertiary/aromatic N) is 2. The number of rotatable bonds is 2. The first kappa shape index (κ1) is 9.51. The first-order valence-electron chi connectivity index (χ1n) is 3.80. The van der Waals surface area contributed by atoms with Gasteiger partial charge in [-0.3, -0.25) is 0 Å². The van der Waals surface area contributed by atoms with Gasteiger partial charge in [0.1, 0.15) is 0 Å². The minimum absolute atomic E-state index is 0.305. The second-order valence-corrected chi connectivity index (χ2v) is 3.48. The molecule has 0 saturated carbocycles. The molecule has 2 nitrogen and oxygen atoms in total. The summed E-state index contributed by atoms with van der Waals surface area (Å²) < 4.78 is 0. The lowest BCUT2D eigenvalue weighted by Gasteiger charge is -1.99. The van der Waals surface area contributed by atoms with E-state index in [-0.39, 0.29) is 0 Å². The third-order valence-electron chi connectivity index (χ3n) is 1.69. The van der Waals surface area contributed by atoms with Crippen molar-refractivity contribution in [3.05, 3.63) is 28.0 Å². The molecule has 0 aromatic carbocycles. The van der Waals surface area contributed by atoms with Crippen LogP contribution in [0.15, 0.2) is 23.1 Å². The number of nitriles is 2. The normalized spacial score (nSPS) is 11.3. The zero-order valence-corrected chi connectivity index (χ0v) is 8.06. The third-order valence-corrected chi connectivity index (χ3v) is 2.62. The lowest BCUT2D eigenvalue weighted by atomic mass is 10.1. The molecule has 0 fully saturated rings. The van der Waals surface area contributed by atoms with Crippen LogP contribution in [-0.4, -0.2) is 0 Å². The molecule has 0 saturated heterocycles. The molecule has 0 spiro atoms. The zero-order chi connectivity index (χ0) is 9.68. The largest absolute Gasteiger partial charge is 0.198 e. The first-order valence-corrected chi connectivity index (χ1v) is 4.68. The van der Waals surface area contributed by atoms with Crippen molar-refractivity contribution in [1.82, 2.24) is 0 Å². The van der Waals surface area contributed by atoms with E-state index in [0.29, 0.717) is 12.0 Å². The SMILES string of the molecule is C/C(C#N)=C(/CC#N)c1cccs1. The van der Waals surface area contributed by atoms with Crippen molar-refractivity contribution in [3.63, 3.8) is 0 Å². The molecule has 1 heterocycles. The summed E-state index contributed by atoms with van der Waals surface area (Å²) in [6.45, 7) is 1.74. The summed E-state index contributed by atoms with van der Waals surface area (Å²) in [5.74, 6) is 0. The topological polar surface area (TPSA) is 47.6 Å². The predicted molar refractivity (Wildman–Crippen MR) is 52.8 cm³/mol. The molecule has 0 amide bonds. The Morgan fingerprint density at radius 2 is 2.31 bits per heavy atom. The number of allylic oxidation sites excluding steroid dienone is 2. The van der Waals surface area contributed by atoms with Crippen molar-refractivity contribution >= 4 is 16.9 Å². The maximum Gasteiger partial charge on any atom is 0.0947 e. The summed E-state index contributed by atoms with van der Waals surface area (Å²) >= 11 is 1.55. The van der Waals surface area contributed by atoms with Crippen molar-refractivity contribution < 1.29 is 0 Å². The molecule has 3 heteroatoms. The van der Waals surface area contributed by atoms with Gasteiger partial charge in [0.2, 0.25) is 0 Å². The maximum absolute atomic E-state index is 8.72. The Morgan fingerprint density at radius 3 is 2.77 bits per heavy atom. The van der Waals surface area contributed by atoms with Crippen LogP contribution in [0.25, 0.3) is 5.57 Å². The Balaban J connectivity index is 3.11. The van der Waals surface area contributed by atoms with Crippen LogP contribution in [0.1, 0.15) is 18.2 Å². The number of hydrogen-bond acceptors (Lipinski definition) is 3. The van der Waals surface area contributed by atoms with Crippen LogP contribution in [0.5, 0.6) is 0 Å². The minimum atomic E-state index is 0.305. The average molecular weight is 188 g/mol. The first-order chi connectivity index (χ1) is 6.29. The Hall–Kier alpha value is -1.58. The van der Waals surface area contributed by atoms with E-state index < -0.39 is 0 Å². The van der Waals surface area contributed by atoms with E-state index in [4.69, 9.17) is 10.5 Å². The predicted octanol–water partition coefficient (Wildman–Crippen LogP) is 2.96. The van der Waals surface area contributed by atoms with E-state index in [9.17, 15) is 0 Å². The Bertz CT molecular complexity index is 388. The highest BCUT2D eigenvalue weighted by atomic mass is 32.1. The fourth-order valence-corrected chi connectivity index (χ4v) is 1.83. The van der Waals surface area contributed by atoms with E-state index >= 15 is 0 Å². The molecule has 1 rings (SSSR count). The molecule has 0 N–H and O–H groups in total. The second-order valence-electron chi connectivity index (χ2n) is 2.53. The van der Waals surface area contributed by atoms with Gasteiger partial charge < -0.3 is 0 Å². The Labute approximate surface area is 81.4 Å². The summed E-state index contributed by atoms with van der Waals surface area (Å²) in [6, 6.07) is 7.99. The minimum Gasteiger partial charge on any atom is -0.198 e. The molecule has 0 unspecified atom stereocenters. The molecular formula is C10H8N2S. The van der Waals surface area contributed by atoms with Gasteiger partial charge in [-0.2, -0.15) is 10.5 Å². The quantitative estimate of drug-likeness (QED) is 0.670. The van der Waals surface area contributed by atoms with Crippen molar-refractivity contribution in [3.8, 4) is 12.1 Å². The van der Waals surface area contributed by atoms with Crippen LogP contribution in [0.2, 0.25) is 0 Å². The van der Waals surface area contributed by atoms with Gasteiger partial charge in [-0.15, -0.1) is 11.3 Å². The summed E-state index contributed by atoms with van der Waals surface area (Å²) in [4.78, 5) is 1.01. The highest BCUT2D eigenvalue weighted by Gasteiger charge is 2.05. The molecule has 0 radical (unpaired) electrons. The zero-order valence-electron chi connectivity index (χ0n) is 7.24. The Kier molecular flexibility index (Phi) is 3.25. The van der Waals surface area contributed by atoms with E-state index in [1.807, 2.05) is 17.5 Å². The van der Waals surface area contributed by atoms with Gasteiger partial charge in [-0.1, -0.05) is 6.07 Å². The van der Waals surface area contributed by atoms with Gasteiger partial charge in [-0.05, 0) is 23.9 Å². The van der Waals surface area contributed by atoms with Gasteiger partial charge in [0.05, 0.1) is 18.6 Å². The summed E-state index contributed by atoms with van der Waals surface area (Å²) in [7, 11) is 0. The third kappa shape index (κ3) is 2.18. The van der Waals surface area contributed by atoms with E-state index in [2.05, 4.69) is 12.1 Å². The highest BCUT2D eigenvalue weighted by molar-refractivity contribution is 7.11. The molecule has 0 atom stereocenters. The Morgan fingerprint density at radius 1 is 1.54 bits per heavy atom. The van der Waals surface area contributed by atoms with Crippen molar-refractivity contribution in [2.75, 3.05) is 0 Å². The molecule has 0 aliphatic rings. The molecule has 64 valence electrons.